The highest BCUT2D eigenvalue weighted by atomic mass is 16.3. The van der Waals surface area contributed by atoms with Gasteiger partial charge in [0.25, 0.3) is 5.91 Å². The van der Waals surface area contributed by atoms with Gasteiger partial charge in [-0.15, -0.1) is 0 Å². The van der Waals surface area contributed by atoms with E-state index < -0.39 is 0 Å². The van der Waals surface area contributed by atoms with Crippen LogP contribution >= 0.6 is 0 Å². The van der Waals surface area contributed by atoms with Crippen molar-refractivity contribution < 1.29 is 14.0 Å². The third-order valence-electron chi connectivity index (χ3n) is 3.99. The van der Waals surface area contributed by atoms with Gasteiger partial charge in [0.15, 0.2) is 5.69 Å². The Morgan fingerprint density at radius 2 is 2.21 bits per heavy atom. The first-order chi connectivity index (χ1) is 11.6. The molecule has 7 heteroatoms. The largest absolute Gasteiger partial charge is 0.444 e. The van der Waals surface area contributed by atoms with Gasteiger partial charge in [-0.25, -0.2) is 4.98 Å². The van der Waals surface area contributed by atoms with Crippen molar-refractivity contribution in [1.29, 1.82) is 0 Å². The normalized spacial score (nSPS) is 14.2. The maximum atomic E-state index is 12.1. The van der Waals surface area contributed by atoms with E-state index in [2.05, 4.69) is 10.3 Å². The molecule has 0 atom stereocenters. The molecule has 126 valence electrons. The van der Waals surface area contributed by atoms with Crippen LogP contribution in [-0.4, -0.2) is 41.3 Å². The number of nitrogens with zero attached hydrogens (tertiary/aromatic N) is 2. The second kappa shape index (κ2) is 7.16. The summed E-state index contributed by atoms with van der Waals surface area (Å²) in [6.07, 6.45) is 3.60. The monoisotopic (exact) mass is 328 g/mol. The van der Waals surface area contributed by atoms with Gasteiger partial charge in [0, 0.05) is 31.7 Å². The minimum Gasteiger partial charge on any atom is -0.444 e. The number of oxazole rings is 1. The lowest BCUT2D eigenvalue weighted by atomic mass is 10.2. The molecule has 24 heavy (non-hydrogen) atoms. The number of nitrogens with one attached hydrogen (secondary N) is 1. The quantitative estimate of drug-likeness (QED) is 0.620. The summed E-state index contributed by atoms with van der Waals surface area (Å²) < 4.78 is 5.35. The number of hydrogen-bond acceptors (Lipinski definition) is 5. The number of nitrogen functional groups attached to an aromatic ring is 1. The van der Waals surface area contributed by atoms with Gasteiger partial charge in [-0.2, -0.15) is 0 Å². The average Bonchev–Trinajstić information content (AvgIpc) is 3.21. The van der Waals surface area contributed by atoms with Crippen molar-refractivity contribution in [3.05, 3.63) is 36.2 Å². The second-order valence-electron chi connectivity index (χ2n) is 5.72. The molecule has 1 saturated heterocycles. The van der Waals surface area contributed by atoms with Crippen molar-refractivity contribution in [2.75, 3.05) is 25.4 Å². The van der Waals surface area contributed by atoms with E-state index in [1.807, 2.05) is 17.0 Å². The summed E-state index contributed by atoms with van der Waals surface area (Å²) in [7, 11) is 0. The van der Waals surface area contributed by atoms with Crippen LogP contribution in [0.4, 0.5) is 5.69 Å². The van der Waals surface area contributed by atoms with E-state index in [0.29, 0.717) is 43.1 Å². The van der Waals surface area contributed by atoms with Crippen LogP contribution in [0.15, 0.2) is 34.9 Å². The molecule has 1 aliphatic heterocycles. The van der Waals surface area contributed by atoms with Gasteiger partial charge in [-0.3, -0.25) is 9.59 Å². The number of anilines is 1. The molecule has 1 aromatic heterocycles. The van der Waals surface area contributed by atoms with Gasteiger partial charge in [0.1, 0.15) is 6.26 Å². The average molecular weight is 328 g/mol. The molecule has 2 amide bonds. The predicted octanol–water partition coefficient (Wildman–Crippen LogP) is 1.67. The summed E-state index contributed by atoms with van der Waals surface area (Å²) >= 11 is 0. The van der Waals surface area contributed by atoms with Crippen molar-refractivity contribution in [1.82, 2.24) is 15.2 Å². The summed E-state index contributed by atoms with van der Waals surface area (Å²) in [5, 5.41) is 2.79. The molecule has 0 unspecified atom stereocenters. The Hall–Kier alpha value is -2.83. The zero-order chi connectivity index (χ0) is 16.9. The fourth-order valence-electron chi connectivity index (χ4n) is 2.70. The van der Waals surface area contributed by atoms with E-state index in [9.17, 15) is 9.59 Å². The smallest absolute Gasteiger partial charge is 0.273 e. The summed E-state index contributed by atoms with van der Waals surface area (Å²) in [6.45, 7) is 1.97. The summed E-state index contributed by atoms with van der Waals surface area (Å²) in [5.41, 5.74) is 7.29. The Balaban J connectivity index is 1.51. The summed E-state index contributed by atoms with van der Waals surface area (Å²) in [4.78, 5) is 29.6. The van der Waals surface area contributed by atoms with Gasteiger partial charge in [0.05, 0.1) is 5.56 Å². The number of carbonyl (C=O) groups excluding carboxylic acids is 2. The molecule has 3 N–H and O–H groups in total. The number of carbonyl (C=O) groups is 2. The van der Waals surface area contributed by atoms with Crippen LogP contribution in [-0.2, 0) is 4.79 Å². The van der Waals surface area contributed by atoms with Gasteiger partial charge in [-0.1, -0.05) is 12.1 Å². The van der Waals surface area contributed by atoms with Crippen molar-refractivity contribution in [3.8, 4) is 11.5 Å². The number of likely N-dealkylation sites (tertiary alicyclic amines) is 1. The Kier molecular flexibility index (Phi) is 4.79. The number of aromatic nitrogens is 1. The number of amides is 2. The van der Waals surface area contributed by atoms with Crippen molar-refractivity contribution in [2.24, 2.45) is 0 Å². The maximum absolute atomic E-state index is 12.1. The van der Waals surface area contributed by atoms with E-state index in [1.165, 1.54) is 6.26 Å². The lowest BCUT2D eigenvalue weighted by Gasteiger charge is -2.14. The van der Waals surface area contributed by atoms with E-state index in [1.54, 1.807) is 12.1 Å². The van der Waals surface area contributed by atoms with Crippen LogP contribution in [0.3, 0.4) is 0 Å². The second-order valence-corrected chi connectivity index (χ2v) is 5.72. The van der Waals surface area contributed by atoms with Gasteiger partial charge in [-0.05, 0) is 25.0 Å². The minimum atomic E-state index is -0.299. The Bertz CT molecular complexity index is 741. The van der Waals surface area contributed by atoms with E-state index in [-0.39, 0.29) is 17.5 Å². The maximum Gasteiger partial charge on any atom is 0.273 e. The molecule has 0 spiro atoms. The van der Waals surface area contributed by atoms with E-state index in [0.717, 1.165) is 13.0 Å². The third kappa shape index (κ3) is 3.56. The molecule has 2 heterocycles. The molecule has 3 rings (SSSR count). The van der Waals surface area contributed by atoms with Crippen LogP contribution < -0.4 is 11.1 Å². The zero-order valence-corrected chi connectivity index (χ0v) is 13.3. The fourth-order valence-corrected chi connectivity index (χ4v) is 2.70. The predicted molar refractivity (Wildman–Crippen MR) is 89.1 cm³/mol. The van der Waals surface area contributed by atoms with Gasteiger partial charge >= 0.3 is 0 Å². The minimum absolute atomic E-state index is 0.197. The summed E-state index contributed by atoms with van der Waals surface area (Å²) in [6, 6.07) is 7.19. The molecular weight excluding hydrogens is 308 g/mol. The topological polar surface area (TPSA) is 101 Å². The van der Waals surface area contributed by atoms with Gasteiger partial charge in [0.2, 0.25) is 11.8 Å². The highest BCUT2D eigenvalue weighted by Gasteiger charge is 2.19. The molecule has 1 aromatic carbocycles. The van der Waals surface area contributed by atoms with Crippen LogP contribution in [0.1, 0.15) is 29.8 Å². The van der Waals surface area contributed by atoms with Crippen molar-refractivity contribution in [2.45, 2.75) is 19.3 Å². The fraction of sp³-hybridized carbons (Fsp3) is 0.353. The summed E-state index contributed by atoms with van der Waals surface area (Å²) in [5.74, 6) is 0.219. The lowest BCUT2D eigenvalue weighted by molar-refractivity contribution is -0.127. The first-order valence-electron chi connectivity index (χ1n) is 8.01. The Morgan fingerprint density at radius 3 is 2.96 bits per heavy atom. The molecule has 0 saturated carbocycles. The molecule has 2 aromatic rings. The number of nitrogens with two attached hydrogens (primary N) is 1. The first-order valence-corrected chi connectivity index (χ1v) is 8.01. The van der Waals surface area contributed by atoms with Crippen molar-refractivity contribution >= 4 is 17.5 Å². The van der Waals surface area contributed by atoms with Crippen LogP contribution in [0.25, 0.3) is 11.5 Å². The molecule has 1 fully saturated rings. The molecule has 0 aliphatic carbocycles. The Morgan fingerprint density at radius 1 is 1.38 bits per heavy atom. The molecule has 0 bridgehead atoms. The van der Waals surface area contributed by atoms with E-state index >= 15 is 0 Å². The molecule has 0 radical (unpaired) electrons. The van der Waals surface area contributed by atoms with Crippen molar-refractivity contribution in [3.63, 3.8) is 0 Å². The zero-order valence-electron chi connectivity index (χ0n) is 13.3. The molecule has 7 nitrogen and oxygen atoms in total. The third-order valence-corrected chi connectivity index (χ3v) is 3.99. The van der Waals surface area contributed by atoms with Crippen LogP contribution in [0.5, 0.6) is 0 Å². The van der Waals surface area contributed by atoms with Gasteiger partial charge < -0.3 is 20.4 Å². The first kappa shape index (κ1) is 16.0. The number of hydrogen-bond donors (Lipinski definition) is 2. The van der Waals surface area contributed by atoms with E-state index in [4.69, 9.17) is 10.2 Å². The number of rotatable bonds is 6. The lowest BCUT2D eigenvalue weighted by Crippen LogP contribution is -2.30. The van der Waals surface area contributed by atoms with Crippen LogP contribution in [0.2, 0.25) is 0 Å². The highest BCUT2D eigenvalue weighted by Crippen LogP contribution is 2.24. The van der Waals surface area contributed by atoms with Crippen LogP contribution in [0, 0.1) is 0 Å². The molecule has 1 aliphatic rings. The molecular formula is C17H20N4O3. The number of benzene rings is 1. The number of para-hydroxylation sites is 1. The standard InChI is InChI=1S/C17H20N4O3/c18-13-6-2-1-5-12(13)17-20-14(11-24-17)16(23)19-8-4-10-21-9-3-7-15(21)22/h1-2,5-6,11H,3-4,7-10,18H2,(H,19,23). The Labute approximate surface area is 139 Å². The highest BCUT2D eigenvalue weighted by molar-refractivity contribution is 5.92. The SMILES string of the molecule is Nc1ccccc1-c1nc(C(=O)NCCCN2CCCC2=O)co1.